The molecule has 4 heteroatoms. The molecule has 0 saturated heterocycles. The van der Waals surface area contributed by atoms with Crippen molar-refractivity contribution in [3.63, 3.8) is 0 Å². The fourth-order valence-electron chi connectivity index (χ4n) is 3.58. The van der Waals surface area contributed by atoms with Gasteiger partial charge in [0, 0.05) is 12.4 Å². The standard InChI is InChI=1S/C25H22N2O2/c1-17(21-9-5-7-19-6-3-4-8-22(19)21)27-25(28)23-11-10-20(16-24(23)29-2)18-12-14-26-15-13-18/h3-17H,1-2H3,(H,27,28)/t17-/m0/s1. The predicted molar refractivity (Wildman–Crippen MR) is 116 cm³/mol. The number of pyridine rings is 1. The fraction of sp³-hybridized carbons (Fsp3) is 0.120. The number of rotatable bonds is 5. The molecule has 144 valence electrons. The van der Waals surface area contributed by atoms with Crippen molar-refractivity contribution in [2.24, 2.45) is 0 Å². The monoisotopic (exact) mass is 382 g/mol. The smallest absolute Gasteiger partial charge is 0.255 e. The van der Waals surface area contributed by atoms with Gasteiger partial charge < -0.3 is 10.1 Å². The van der Waals surface area contributed by atoms with Gasteiger partial charge in [0.1, 0.15) is 5.75 Å². The van der Waals surface area contributed by atoms with Crippen LogP contribution in [0.3, 0.4) is 0 Å². The van der Waals surface area contributed by atoms with Gasteiger partial charge in [-0.15, -0.1) is 0 Å². The average Bonchev–Trinajstić information content (AvgIpc) is 2.78. The zero-order valence-electron chi connectivity index (χ0n) is 16.4. The first-order valence-corrected chi connectivity index (χ1v) is 9.54. The molecule has 0 saturated carbocycles. The Labute approximate surface area is 170 Å². The quantitative estimate of drug-likeness (QED) is 0.503. The highest BCUT2D eigenvalue weighted by Gasteiger charge is 2.17. The second-order valence-corrected chi connectivity index (χ2v) is 6.91. The molecule has 1 amide bonds. The van der Waals surface area contributed by atoms with Crippen LogP contribution < -0.4 is 10.1 Å². The van der Waals surface area contributed by atoms with Gasteiger partial charge in [-0.05, 0) is 58.7 Å². The van der Waals surface area contributed by atoms with Crippen LogP contribution in [0.15, 0.2) is 85.2 Å². The molecule has 0 unspecified atom stereocenters. The van der Waals surface area contributed by atoms with E-state index in [1.807, 2.05) is 49.4 Å². The summed E-state index contributed by atoms with van der Waals surface area (Å²) < 4.78 is 5.51. The van der Waals surface area contributed by atoms with Crippen LogP contribution in [0.25, 0.3) is 21.9 Å². The number of hydrogen-bond acceptors (Lipinski definition) is 3. The first-order chi connectivity index (χ1) is 14.2. The first-order valence-electron chi connectivity index (χ1n) is 9.54. The van der Waals surface area contributed by atoms with E-state index < -0.39 is 0 Å². The van der Waals surface area contributed by atoms with Gasteiger partial charge in [0.25, 0.3) is 5.91 Å². The van der Waals surface area contributed by atoms with Gasteiger partial charge in [-0.1, -0.05) is 48.5 Å². The molecule has 1 atom stereocenters. The van der Waals surface area contributed by atoms with E-state index in [4.69, 9.17) is 4.74 Å². The highest BCUT2D eigenvalue weighted by Crippen LogP contribution is 2.28. The first kappa shape index (κ1) is 18.7. The van der Waals surface area contributed by atoms with Crippen molar-refractivity contribution in [2.45, 2.75) is 13.0 Å². The number of nitrogens with one attached hydrogen (secondary N) is 1. The van der Waals surface area contributed by atoms with Gasteiger partial charge in [-0.2, -0.15) is 0 Å². The number of nitrogens with zero attached hydrogens (tertiary/aromatic N) is 1. The summed E-state index contributed by atoms with van der Waals surface area (Å²) in [6, 6.07) is 23.7. The van der Waals surface area contributed by atoms with Gasteiger partial charge in [0.15, 0.2) is 0 Å². The highest BCUT2D eigenvalue weighted by molar-refractivity contribution is 5.98. The van der Waals surface area contributed by atoms with E-state index in [9.17, 15) is 4.79 Å². The molecule has 1 aromatic heterocycles. The normalized spacial score (nSPS) is 11.8. The molecular weight excluding hydrogens is 360 g/mol. The van der Waals surface area contributed by atoms with Gasteiger partial charge in [-0.25, -0.2) is 0 Å². The minimum Gasteiger partial charge on any atom is -0.496 e. The molecule has 1 N–H and O–H groups in total. The number of fused-ring (bicyclic) bond motifs is 1. The summed E-state index contributed by atoms with van der Waals surface area (Å²) in [5.74, 6) is 0.380. The van der Waals surface area contributed by atoms with Gasteiger partial charge >= 0.3 is 0 Å². The minimum absolute atomic E-state index is 0.141. The number of methoxy groups -OCH3 is 1. The van der Waals surface area contributed by atoms with E-state index in [0.717, 1.165) is 27.5 Å². The predicted octanol–water partition coefficient (Wildman–Crippen LogP) is 5.40. The van der Waals surface area contributed by atoms with Crippen molar-refractivity contribution in [2.75, 3.05) is 7.11 Å². The van der Waals surface area contributed by atoms with Gasteiger partial charge in [-0.3, -0.25) is 9.78 Å². The number of aromatic nitrogens is 1. The summed E-state index contributed by atoms with van der Waals surface area (Å²) in [4.78, 5) is 17.0. The number of amides is 1. The number of ether oxygens (including phenoxy) is 1. The van der Waals surface area contributed by atoms with Crippen LogP contribution in [-0.2, 0) is 0 Å². The fourth-order valence-corrected chi connectivity index (χ4v) is 3.58. The lowest BCUT2D eigenvalue weighted by molar-refractivity contribution is 0.0937. The van der Waals surface area contributed by atoms with E-state index in [0.29, 0.717) is 11.3 Å². The molecule has 0 radical (unpaired) electrons. The minimum atomic E-state index is -0.163. The molecule has 29 heavy (non-hydrogen) atoms. The summed E-state index contributed by atoms with van der Waals surface area (Å²) in [5.41, 5.74) is 3.60. The van der Waals surface area contributed by atoms with Crippen LogP contribution in [0.4, 0.5) is 0 Å². The highest BCUT2D eigenvalue weighted by atomic mass is 16.5. The zero-order chi connectivity index (χ0) is 20.2. The molecule has 0 bridgehead atoms. The third-order valence-electron chi connectivity index (χ3n) is 5.10. The van der Waals surface area contributed by atoms with Crippen molar-refractivity contribution in [1.82, 2.24) is 10.3 Å². The van der Waals surface area contributed by atoms with Gasteiger partial charge in [0.05, 0.1) is 18.7 Å². The average molecular weight is 382 g/mol. The van der Waals surface area contributed by atoms with Crippen LogP contribution in [0.5, 0.6) is 5.75 Å². The number of benzene rings is 3. The molecule has 0 fully saturated rings. The maximum absolute atomic E-state index is 13.0. The Morgan fingerprint density at radius 2 is 1.69 bits per heavy atom. The van der Waals surface area contributed by atoms with Crippen molar-refractivity contribution in [3.8, 4) is 16.9 Å². The molecule has 0 aliphatic rings. The summed E-state index contributed by atoms with van der Waals surface area (Å²) in [5, 5.41) is 5.41. The number of carbonyl (C=O) groups is 1. The summed E-state index contributed by atoms with van der Waals surface area (Å²) >= 11 is 0. The summed E-state index contributed by atoms with van der Waals surface area (Å²) in [6.45, 7) is 2.00. The van der Waals surface area contributed by atoms with Crippen LogP contribution in [0, 0.1) is 0 Å². The lowest BCUT2D eigenvalue weighted by atomic mass is 9.99. The van der Waals surface area contributed by atoms with Crippen molar-refractivity contribution in [1.29, 1.82) is 0 Å². The molecule has 4 nitrogen and oxygen atoms in total. The Morgan fingerprint density at radius 3 is 2.48 bits per heavy atom. The Balaban J connectivity index is 1.61. The summed E-state index contributed by atoms with van der Waals surface area (Å²) in [6.07, 6.45) is 3.49. The van der Waals surface area contributed by atoms with Crippen LogP contribution in [0.2, 0.25) is 0 Å². The van der Waals surface area contributed by atoms with E-state index in [2.05, 4.69) is 34.6 Å². The molecule has 3 aromatic carbocycles. The Morgan fingerprint density at radius 1 is 0.931 bits per heavy atom. The van der Waals surface area contributed by atoms with E-state index in [1.165, 1.54) is 0 Å². The molecule has 0 aliphatic carbocycles. The lowest BCUT2D eigenvalue weighted by Crippen LogP contribution is -2.27. The van der Waals surface area contributed by atoms with Crippen molar-refractivity contribution in [3.05, 3.63) is 96.3 Å². The van der Waals surface area contributed by atoms with E-state index >= 15 is 0 Å². The third-order valence-corrected chi connectivity index (χ3v) is 5.10. The largest absolute Gasteiger partial charge is 0.496 e. The second kappa shape index (κ2) is 8.15. The Hall–Kier alpha value is -3.66. The molecule has 0 aliphatic heterocycles. The maximum Gasteiger partial charge on any atom is 0.255 e. The van der Waals surface area contributed by atoms with Crippen LogP contribution in [-0.4, -0.2) is 18.0 Å². The number of carbonyl (C=O) groups excluding carboxylic acids is 1. The summed E-state index contributed by atoms with van der Waals surface area (Å²) in [7, 11) is 1.58. The van der Waals surface area contributed by atoms with Crippen LogP contribution in [0.1, 0.15) is 28.9 Å². The van der Waals surface area contributed by atoms with Crippen LogP contribution >= 0.6 is 0 Å². The molecule has 4 aromatic rings. The maximum atomic E-state index is 13.0. The Bertz CT molecular complexity index is 1150. The molecular formula is C25H22N2O2. The Kier molecular flexibility index (Phi) is 5.25. The number of hydrogen-bond donors (Lipinski definition) is 1. The SMILES string of the molecule is COc1cc(-c2ccncc2)ccc1C(=O)N[C@@H](C)c1cccc2ccccc12. The van der Waals surface area contributed by atoms with Gasteiger partial charge in [0.2, 0.25) is 0 Å². The van der Waals surface area contributed by atoms with Crippen molar-refractivity contribution < 1.29 is 9.53 Å². The lowest BCUT2D eigenvalue weighted by Gasteiger charge is -2.18. The van der Waals surface area contributed by atoms with E-state index in [1.54, 1.807) is 25.6 Å². The third kappa shape index (κ3) is 3.83. The zero-order valence-corrected chi connectivity index (χ0v) is 16.4. The molecule has 0 spiro atoms. The van der Waals surface area contributed by atoms with Crippen molar-refractivity contribution >= 4 is 16.7 Å². The molecule has 4 rings (SSSR count). The molecule has 1 heterocycles. The van der Waals surface area contributed by atoms with E-state index in [-0.39, 0.29) is 11.9 Å². The second-order valence-electron chi connectivity index (χ2n) is 6.91. The topological polar surface area (TPSA) is 51.2 Å².